The predicted octanol–water partition coefficient (Wildman–Crippen LogP) is -1.76. The molecule has 7 heteroatoms. The minimum atomic E-state index is 0. The molecule has 6 N–H and O–H groups in total. The second-order valence-electron chi connectivity index (χ2n) is 1.41. The molecular weight excluding hydrogens is 143 g/mol. The van der Waals surface area contributed by atoms with Gasteiger partial charge < -0.3 is 17.2 Å². The van der Waals surface area contributed by atoms with Crippen molar-refractivity contribution in [3.8, 4) is 0 Å². The summed E-state index contributed by atoms with van der Waals surface area (Å²) in [7, 11) is 0. The standard InChI is InChI=1S/C3H6N6.Na/c4-1-7-2(5)9-3(6)8-1;/h(H6,4,5,6,7,8,9);. The van der Waals surface area contributed by atoms with Gasteiger partial charge in [0.25, 0.3) is 0 Å². The van der Waals surface area contributed by atoms with Crippen LogP contribution in [0.25, 0.3) is 0 Å². The van der Waals surface area contributed by atoms with E-state index in [1.54, 1.807) is 0 Å². The van der Waals surface area contributed by atoms with Crippen molar-refractivity contribution in [3.63, 3.8) is 0 Å². The van der Waals surface area contributed by atoms with Crippen LogP contribution in [0.3, 0.4) is 0 Å². The number of anilines is 3. The van der Waals surface area contributed by atoms with E-state index >= 15 is 0 Å². The summed E-state index contributed by atoms with van der Waals surface area (Å²) in [5.74, 6) is 0.125. The largest absolute Gasteiger partial charge is 0.368 e. The third kappa shape index (κ3) is 2.34. The molecule has 10 heavy (non-hydrogen) atoms. The molecule has 0 unspecified atom stereocenters. The Hall–Kier alpha value is -0.590. The van der Waals surface area contributed by atoms with Crippen LogP contribution in [-0.2, 0) is 0 Å². The maximum Gasteiger partial charge on any atom is 0.226 e. The van der Waals surface area contributed by atoms with Crippen LogP contribution < -0.4 is 17.2 Å². The first-order valence-electron chi connectivity index (χ1n) is 2.21. The maximum atomic E-state index is 5.14. The van der Waals surface area contributed by atoms with Gasteiger partial charge in [-0.3, -0.25) is 0 Å². The van der Waals surface area contributed by atoms with Crippen molar-refractivity contribution >= 4 is 47.4 Å². The average Bonchev–Trinajstić information content (AvgIpc) is 1.59. The minimum Gasteiger partial charge on any atom is -0.368 e. The summed E-state index contributed by atoms with van der Waals surface area (Å²) >= 11 is 0. The summed E-state index contributed by atoms with van der Waals surface area (Å²) in [6.45, 7) is 0. The molecular formula is C3H6N6Na. The Morgan fingerprint density at radius 3 is 1.10 bits per heavy atom. The third-order valence-corrected chi connectivity index (χ3v) is 0.687. The number of nitrogens with zero attached hydrogens (tertiary/aromatic N) is 3. The fraction of sp³-hybridized carbons (Fsp3) is 0. The summed E-state index contributed by atoms with van der Waals surface area (Å²) in [5, 5.41) is 0. The SMILES string of the molecule is Nc1nc(N)nc(N)n1.[Na]. The molecule has 0 saturated heterocycles. The average molecular weight is 149 g/mol. The van der Waals surface area contributed by atoms with Crippen LogP contribution >= 0.6 is 0 Å². The van der Waals surface area contributed by atoms with Crippen LogP contribution in [0.4, 0.5) is 17.8 Å². The van der Waals surface area contributed by atoms with Crippen LogP contribution in [-0.4, -0.2) is 44.5 Å². The first-order valence-corrected chi connectivity index (χ1v) is 2.21. The molecule has 1 heterocycles. The number of nitrogen functional groups attached to an aromatic ring is 3. The van der Waals surface area contributed by atoms with Gasteiger partial charge in [0.05, 0.1) is 0 Å². The van der Waals surface area contributed by atoms with Gasteiger partial charge in [0.1, 0.15) is 0 Å². The van der Waals surface area contributed by atoms with Crippen molar-refractivity contribution in [2.45, 2.75) is 0 Å². The summed E-state index contributed by atoms with van der Waals surface area (Å²) < 4.78 is 0. The zero-order chi connectivity index (χ0) is 6.85. The molecule has 1 rings (SSSR count). The zero-order valence-electron chi connectivity index (χ0n) is 5.57. The van der Waals surface area contributed by atoms with Crippen molar-refractivity contribution in [3.05, 3.63) is 0 Å². The molecule has 49 valence electrons. The van der Waals surface area contributed by atoms with E-state index in [4.69, 9.17) is 17.2 Å². The first kappa shape index (κ1) is 9.41. The Bertz CT molecular complexity index is 174. The molecule has 6 nitrogen and oxygen atoms in total. The predicted molar refractivity (Wildman–Crippen MR) is 38.8 cm³/mol. The molecule has 0 aliphatic heterocycles. The van der Waals surface area contributed by atoms with Gasteiger partial charge >= 0.3 is 0 Å². The molecule has 0 aromatic carbocycles. The van der Waals surface area contributed by atoms with Crippen molar-refractivity contribution in [1.29, 1.82) is 0 Å². The Kier molecular flexibility index (Phi) is 3.34. The molecule has 0 spiro atoms. The van der Waals surface area contributed by atoms with Gasteiger partial charge in [0, 0.05) is 29.6 Å². The van der Waals surface area contributed by atoms with E-state index in [0.29, 0.717) is 0 Å². The fourth-order valence-electron chi connectivity index (χ4n) is 0.427. The number of hydrogen-bond donors (Lipinski definition) is 3. The Morgan fingerprint density at radius 2 is 0.900 bits per heavy atom. The van der Waals surface area contributed by atoms with E-state index in [1.165, 1.54) is 0 Å². The van der Waals surface area contributed by atoms with Gasteiger partial charge in [-0.05, 0) is 0 Å². The monoisotopic (exact) mass is 149 g/mol. The summed E-state index contributed by atoms with van der Waals surface area (Å²) in [4.78, 5) is 10.5. The summed E-state index contributed by atoms with van der Waals surface area (Å²) in [5.41, 5.74) is 15.4. The van der Waals surface area contributed by atoms with Crippen LogP contribution in [0.2, 0.25) is 0 Å². The maximum absolute atomic E-state index is 5.14. The molecule has 0 aliphatic rings. The van der Waals surface area contributed by atoms with E-state index in [0.717, 1.165) is 0 Å². The van der Waals surface area contributed by atoms with Crippen LogP contribution in [0.15, 0.2) is 0 Å². The number of hydrogen-bond acceptors (Lipinski definition) is 6. The number of aromatic nitrogens is 3. The van der Waals surface area contributed by atoms with Crippen LogP contribution in [0.1, 0.15) is 0 Å². The van der Waals surface area contributed by atoms with Crippen LogP contribution in [0, 0.1) is 0 Å². The van der Waals surface area contributed by atoms with E-state index in [1.807, 2.05) is 0 Å². The van der Waals surface area contributed by atoms with Crippen molar-refractivity contribution in [2.24, 2.45) is 0 Å². The molecule has 0 atom stereocenters. The Labute approximate surface area is 79.5 Å². The molecule has 1 aromatic rings. The van der Waals surface area contributed by atoms with E-state index in [2.05, 4.69) is 15.0 Å². The fourth-order valence-corrected chi connectivity index (χ4v) is 0.427. The molecule has 1 aromatic heterocycles. The van der Waals surface area contributed by atoms with Gasteiger partial charge in [-0.2, -0.15) is 15.0 Å². The molecule has 0 bridgehead atoms. The normalized spacial score (nSPS) is 8.40. The number of nitrogens with two attached hydrogens (primary N) is 3. The smallest absolute Gasteiger partial charge is 0.226 e. The third-order valence-electron chi connectivity index (χ3n) is 0.687. The summed E-state index contributed by atoms with van der Waals surface area (Å²) in [6.07, 6.45) is 0. The van der Waals surface area contributed by atoms with Crippen molar-refractivity contribution in [1.82, 2.24) is 15.0 Å². The van der Waals surface area contributed by atoms with E-state index in [-0.39, 0.29) is 47.4 Å². The Balaban J connectivity index is 0.000000810. The van der Waals surface area contributed by atoms with Gasteiger partial charge in [0.2, 0.25) is 17.8 Å². The van der Waals surface area contributed by atoms with Gasteiger partial charge in [-0.15, -0.1) is 0 Å². The van der Waals surface area contributed by atoms with E-state index in [9.17, 15) is 0 Å². The Morgan fingerprint density at radius 1 is 0.700 bits per heavy atom. The second-order valence-corrected chi connectivity index (χ2v) is 1.41. The van der Waals surface area contributed by atoms with Gasteiger partial charge in [0.15, 0.2) is 0 Å². The topological polar surface area (TPSA) is 117 Å². The zero-order valence-corrected chi connectivity index (χ0v) is 7.57. The number of rotatable bonds is 0. The van der Waals surface area contributed by atoms with Crippen molar-refractivity contribution in [2.75, 3.05) is 17.2 Å². The molecule has 0 fully saturated rings. The summed E-state index contributed by atoms with van der Waals surface area (Å²) in [6, 6.07) is 0. The molecule has 0 aliphatic carbocycles. The van der Waals surface area contributed by atoms with Gasteiger partial charge in [-0.25, -0.2) is 0 Å². The van der Waals surface area contributed by atoms with Crippen molar-refractivity contribution < 1.29 is 0 Å². The molecule has 1 radical (unpaired) electrons. The van der Waals surface area contributed by atoms with Gasteiger partial charge in [-0.1, -0.05) is 0 Å². The molecule has 0 saturated carbocycles. The minimum absolute atomic E-state index is 0. The quantitative estimate of drug-likeness (QED) is 0.376. The molecule has 0 amide bonds. The second kappa shape index (κ2) is 3.55. The van der Waals surface area contributed by atoms with Crippen LogP contribution in [0.5, 0.6) is 0 Å². The first-order chi connectivity index (χ1) is 4.18. The van der Waals surface area contributed by atoms with E-state index < -0.39 is 0 Å².